The van der Waals surface area contributed by atoms with Crippen LogP contribution < -0.4 is 5.32 Å². The van der Waals surface area contributed by atoms with Crippen molar-refractivity contribution in [2.45, 2.75) is 32.1 Å². The first-order chi connectivity index (χ1) is 8.72. The van der Waals surface area contributed by atoms with E-state index in [9.17, 15) is 9.90 Å². The molecule has 6 heteroatoms. The SMILES string of the molecule is CCCSCc1nc2c(c(C(=O)O)n1)CCNC2. The van der Waals surface area contributed by atoms with Crippen molar-refractivity contribution in [1.29, 1.82) is 0 Å². The van der Waals surface area contributed by atoms with E-state index in [1.807, 2.05) is 0 Å². The molecule has 0 unspecified atom stereocenters. The zero-order chi connectivity index (χ0) is 13.0. The fraction of sp³-hybridized carbons (Fsp3) is 0.583. The van der Waals surface area contributed by atoms with E-state index in [2.05, 4.69) is 22.2 Å². The zero-order valence-electron chi connectivity index (χ0n) is 10.4. The van der Waals surface area contributed by atoms with E-state index in [1.54, 1.807) is 11.8 Å². The Bertz CT molecular complexity index is 451. The van der Waals surface area contributed by atoms with Gasteiger partial charge in [0.2, 0.25) is 0 Å². The second kappa shape index (κ2) is 6.15. The number of nitrogens with zero attached hydrogens (tertiary/aromatic N) is 2. The lowest BCUT2D eigenvalue weighted by Gasteiger charge is -2.18. The maximum atomic E-state index is 11.2. The van der Waals surface area contributed by atoms with Gasteiger partial charge in [0.1, 0.15) is 5.82 Å². The first kappa shape index (κ1) is 13.3. The van der Waals surface area contributed by atoms with Gasteiger partial charge in [-0.25, -0.2) is 14.8 Å². The van der Waals surface area contributed by atoms with Crippen molar-refractivity contribution in [1.82, 2.24) is 15.3 Å². The molecule has 1 aromatic rings. The summed E-state index contributed by atoms with van der Waals surface area (Å²) in [6, 6.07) is 0. The van der Waals surface area contributed by atoms with Crippen LogP contribution >= 0.6 is 11.8 Å². The van der Waals surface area contributed by atoms with E-state index in [-0.39, 0.29) is 5.69 Å². The molecule has 1 aromatic heterocycles. The number of carboxylic acids is 1. The molecular formula is C12H17N3O2S. The van der Waals surface area contributed by atoms with E-state index in [0.29, 0.717) is 24.5 Å². The Morgan fingerprint density at radius 2 is 2.33 bits per heavy atom. The van der Waals surface area contributed by atoms with Crippen LogP contribution in [0.5, 0.6) is 0 Å². The number of carboxylic acid groups (broad SMARTS) is 1. The number of fused-ring (bicyclic) bond motifs is 1. The molecule has 1 aliphatic heterocycles. The molecule has 18 heavy (non-hydrogen) atoms. The second-order valence-electron chi connectivity index (χ2n) is 4.20. The molecule has 2 N–H and O–H groups in total. The van der Waals surface area contributed by atoms with Gasteiger partial charge >= 0.3 is 5.97 Å². The van der Waals surface area contributed by atoms with Crippen LogP contribution in [0, 0.1) is 0 Å². The summed E-state index contributed by atoms with van der Waals surface area (Å²) in [4.78, 5) is 19.9. The Hall–Kier alpha value is -1.14. The normalized spacial score (nSPS) is 14.3. The average Bonchev–Trinajstić information content (AvgIpc) is 2.38. The summed E-state index contributed by atoms with van der Waals surface area (Å²) in [5.41, 5.74) is 1.83. The molecule has 0 bridgehead atoms. The van der Waals surface area contributed by atoms with Crippen molar-refractivity contribution in [2.75, 3.05) is 12.3 Å². The summed E-state index contributed by atoms with van der Waals surface area (Å²) < 4.78 is 0. The minimum atomic E-state index is -0.947. The maximum absolute atomic E-state index is 11.2. The lowest BCUT2D eigenvalue weighted by molar-refractivity contribution is 0.0688. The molecule has 0 atom stereocenters. The van der Waals surface area contributed by atoms with Crippen LogP contribution in [0.2, 0.25) is 0 Å². The monoisotopic (exact) mass is 267 g/mol. The first-order valence-electron chi connectivity index (χ1n) is 6.12. The molecule has 5 nitrogen and oxygen atoms in total. The molecule has 0 amide bonds. The van der Waals surface area contributed by atoms with Crippen molar-refractivity contribution in [2.24, 2.45) is 0 Å². The highest BCUT2D eigenvalue weighted by atomic mass is 32.2. The Labute approximate surface area is 110 Å². The smallest absolute Gasteiger partial charge is 0.354 e. The van der Waals surface area contributed by atoms with Crippen LogP contribution in [0.15, 0.2) is 0 Å². The standard InChI is InChI=1S/C12H17N3O2S/c1-2-5-18-7-10-14-9-6-13-4-3-8(9)11(15-10)12(16)17/h13H,2-7H2,1H3,(H,16,17). The van der Waals surface area contributed by atoms with Crippen LogP contribution in [0.4, 0.5) is 0 Å². The van der Waals surface area contributed by atoms with Gasteiger partial charge in [0, 0.05) is 12.1 Å². The van der Waals surface area contributed by atoms with Crippen molar-refractivity contribution in [3.63, 3.8) is 0 Å². The number of hydrogen-bond donors (Lipinski definition) is 2. The molecule has 0 saturated heterocycles. The maximum Gasteiger partial charge on any atom is 0.354 e. The van der Waals surface area contributed by atoms with Gasteiger partial charge in [0.15, 0.2) is 5.69 Å². The molecule has 2 heterocycles. The third-order valence-corrected chi connectivity index (χ3v) is 3.92. The predicted molar refractivity (Wildman–Crippen MR) is 70.9 cm³/mol. The van der Waals surface area contributed by atoms with Gasteiger partial charge in [-0.3, -0.25) is 0 Å². The summed E-state index contributed by atoms with van der Waals surface area (Å²) in [5, 5.41) is 12.4. The number of hydrogen-bond acceptors (Lipinski definition) is 5. The zero-order valence-corrected chi connectivity index (χ0v) is 11.2. The highest BCUT2D eigenvalue weighted by Crippen LogP contribution is 2.18. The van der Waals surface area contributed by atoms with Gasteiger partial charge in [-0.05, 0) is 25.1 Å². The largest absolute Gasteiger partial charge is 0.477 e. The van der Waals surface area contributed by atoms with Crippen molar-refractivity contribution < 1.29 is 9.90 Å². The minimum absolute atomic E-state index is 0.189. The molecule has 2 rings (SSSR count). The lowest BCUT2D eigenvalue weighted by atomic mass is 10.0. The van der Waals surface area contributed by atoms with Gasteiger partial charge in [0.25, 0.3) is 0 Å². The molecule has 0 spiro atoms. The van der Waals surface area contributed by atoms with Crippen molar-refractivity contribution >= 4 is 17.7 Å². The summed E-state index contributed by atoms with van der Waals surface area (Å²) in [6.45, 7) is 3.55. The van der Waals surface area contributed by atoms with E-state index < -0.39 is 5.97 Å². The van der Waals surface area contributed by atoms with E-state index >= 15 is 0 Å². The van der Waals surface area contributed by atoms with E-state index in [4.69, 9.17) is 0 Å². The number of thioether (sulfide) groups is 1. The Balaban J connectivity index is 2.26. The second-order valence-corrected chi connectivity index (χ2v) is 5.30. The van der Waals surface area contributed by atoms with Gasteiger partial charge in [0.05, 0.1) is 11.4 Å². The molecule has 98 valence electrons. The number of aromatic carboxylic acids is 1. The van der Waals surface area contributed by atoms with Gasteiger partial charge in [-0.1, -0.05) is 6.92 Å². The Morgan fingerprint density at radius 1 is 1.50 bits per heavy atom. The van der Waals surface area contributed by atoms with Crippen LogP contribution in [0.25, 0.3) is 0 Å². The fourth-order valence-corrected chi connectivity index (χ4v) is 2.70. The molecule has 0 saturated carbocycles. The van der Waals surface area contributed by atoms with Crippen molar-refractivity contribution in [3.8, 4) is 0 Å². The topological polar surface area (TPSA) is 75.1 Å². The number of rotatable bonds is 5. The van der Waals surface area contributed by atoms with Gasteiger partial charge in [-0.2, -0.15) is 11.8 Å². The Morgan fingerprint density at radius 3 is 3.06 bits per heavy atom. The minimum Gasteiger partial charge on any atom is -0.477 e. The van der Waals surface area contributed by atoms with Crippen LogP contribution in [0.3, 0.4) is 0 Å². The molecule has 1 aliphatic rings. The predicted octanol–water partition coefficient (Wildman–Crippen LogP) is 1.46. The molecule has 0 fully saturated rings. The van der Waals surface area contributed by atoms with Crippen molar-refractivity contribution in [3.05, 3.63) is 22.8 Å². The summed E-state index contributed by atoms with van der Waals surface area (Å²) in [6.07, 6.45) is 1.79. The highest BCUT2D eigenvalue weighted by Gasteiger charge is 2.21. The van der Waals surface area contributed by atoms with Gasteiger partial charge < -0.3 is 10.4 Å². The summed E-state index contributed by atoms with van der Waals surface area (Å²) >= 11 is 1.74. The first-order valence-corrected chi connectivity index (χ1v) is 7.28. The van der Waals surface area contributed by atoms with Gasteiger partial charge in [-0.15, -0.1) is 0 Å². The van der Waals surface area contributed by atoms with Crippen LogP contribution in [-0.2, 0) is 18.7 Å². The summed E-state index contributed by atoms with van der Waals surface area (Å²) in [5.74, 6) is 1.41. The average molecular weight is 267 g/mol. The van der Waals surface area contributed by atoms with E-state index in [1.165, 1.54) is 0 Å². The molecule has 0 aromatic carbocycles. The fourth-order valence-electron chi connectivity index (χ4n) is 1.96. The highest BCUT2D eigenvalue weighted by molar-refractivity contribution is 7.98. The summed E-state index contributed by atoms with van der Waals surface area (Å²) in [7, 11) is 0. The molecule has 0 aliphatic carbocycles. The Kier molecular flexibility index (Phi) is 4.54. The lowest BCUT2D eigenvalue weighted by Crippen LogP contribution is -2.28. The van der Waals surface area contributed by atoms with Crippen LogP contribution in [-0.4, -0.2) is 33.3 Å². The molecule has 0 radical (unpaired) electrons. The number of carbonyl (C=O) groups is 1. The third kappa shape index (κ3) is 3.00. The third-order valence-electron chi connectivity index (χ3n) is 2.77. The quantitative estimate of drug-likeness (QED) is 0.787. The van der Waals surface area contributed by atoms with E-state index in [0.717, 1.165) is 30.0 Å². The number of nitrogens with one attached hydrogen (secondary N) is 1. The van der Waals surface area contributed by atoms with Crippen LogP contribution in [0.1, 0.15) is 40.9 Å². The number of aromatic nitrogens is 2. The molecular weight excluding hydrogens is 250 g/mol.